The highest BCUT2D eigenvalue weighted by Crippen LogP contribution is 2.29. The number of halogens is 1. The summed E-state index contributed by atoms with van der Waals surface area (Å²) in [6, 6.07) is 8.43. The normalized spacial score (nSPS) is 14.6. The molecule has 1 aliphatic rings. The maximum absolute atomic E-state index is 13.7. The van der Waals surface area contributed by atoms with Crippen LogP contribution in [0.5, 0.6) is 0 Å². The van der Waals surface area contributed by atoms with Gasteiger partial charge in [-0.1, -0.05) is 26.0 Å². The van der Waals surface area contributed by atoms with Crippen LogP contribution in [0.25, 0.3) is 10.9 Å². The molecule has 1 fully saturated rings. The average molecular weight is 508 g/mol. The second-order valence-electron chi connectivity index (χ2n) is 10.6. The number of rotatable bonds is 7. The highest BCUT2D eigenvalue weighted by Gasteiger charge is 2.31. The fraction of sp³-hybridized carbons (Fsp3) is 0.393. The van der Waals surface area contributed by atoms with Gasteiger partial charge in [0.1, 0.15) is 11.6 Å². The van der Waals surface area contributed by atoms with Crippen molar-refractivity contribution in [2.45, 2.75) is 46.5 Å². The zero-order valence-electron chi connectivity index (χ0n) is 21.1. The van der Waals surface area contributed by atoms with Crippen molar-refractivity contribution in [3.05, 3.63) is 75.1 Å². The topological polar surface area (TPSA) is 120 Å². The van der Waals surface area contributed by atoms with Crippen LogP contribution in [0.3, 0.4) is 0 Å². The number of hydrogen-bond donors (Lipinski definition) is 2. The smallest absolute Gasteiger partial charge is 0.335 e. The molecule has 3 aromatic rings. The lowest BCUT2D eigenvalue weighted by Crippen LogP contribution is -2.42. The van der Waals surface area contributed by atoms with Gasteiger partial charge >= 0.3 is 5.97 Å². The van der Waals surface area contributed by atoms with Crippen molar-refractivity contribution in [2.75, 3.05) is 13.1 Å². The number of fused-ring (bicyclic) bond motifs is 1. The number of nitrogens with zero attached hydrogens (tertiary/aromatic N) is 2. The molecule has 37 heavy (non-hydrogen) atoms. The third-order valence-corrected chi connectivity index (χ3v) is 6.93. The minimum atomic E-state index is -1.04. The fourth-order valence-corrected chi connectivity index (χ4v) is 4.94. The van der Waals surface area contributed by atoms with Gasteiger partial charge in [0.2, 0.25) is 5.91 Å². The summed E-state index contributed by atoms with van der Waals surface area (Å²) in [4.78, 5) is 58.5. The van der Waals surface area contributed by atoms with E-state index in [9.17, 15) is 23.6 Å². The van der Waals surface area contributed by atoms with Gasteiger partial charge in [0.05, 0.1) is 16.5 Å². The molecule has 2 heterocycles. The number of carboxylic acid groups (broad SMARTS) is 1. The first-order valence-electron chi connectivity index (χ1n) is 12.3. The molecule has 0 radical (unpaired) electrons. The largest absolute Gasteiger partial charge is 0.478 e. The van der Waals surface area contributed by atoms with Crippen LogP contribution in [-0.2, 0) is 11.2 Å². The number of carbonyl (C=O) groups excluding carboxylic acids is 2. The molecule has 1 saturated heterocycles. The molecule has 0 atom stereocenters. The van der Waals surface area contributed by atoms with Gasteiger partial charge in [-0.05, 0) is 55.0 Å². The van der Waals surface area contributed by atoms with Gasteiger partial charge in [0.25, 0.3) is 5.56 Å². The van der Waals surface area contributed by atoms with Crippen molar-refractivity contribution in [3.63, 3.8) is 0 Å². The van der Waals surface area contributed by atoms with Gasteiger partial charge in [-0.3, -0.25) is 14.4 Å². The molecule has 8 nitrogen and oxygen atoms in total. The highest BCUT2D eigenvalue weighted by atomic mass is 19.1. The minimum absolute atomic E-state index is 0.0249. The number of hydrogen-bond acceptors (Lipinski definition) is 5. The highest BCUT2D eigenvalue weighted by molar-refractivity contribution is 5.99. The Morgan fingerprint density at radius 1 is 1.11 bits per heavy atom. The molecule has 0 spiro atoms. The fourth-order valence-electron chi connectivity index (χ4n) is 4.94. The number of aromatic carboxylic acids is 1. The molecule has 2 N–H and O–H groups in total. The van der Waals surface area contributed by atoms with Gasteiger partial charge in [-0.25, -0.2) is 14.2 Å². The number of ketones is 1. The third-order valence-electron chi connectivity index (χ3n) is 6.93. The maximum Gasteiger partial charge on any atom is 0.335 e. The SMILES string of the molecule is Cc1cc(F)cc2c(=O)[nH]c(CC(C)(C)CC(=O)N3CCC(C(=O)c4ccc(C(=O)O)cc4)CC3)nc12. The molecule has 0 saturated carbocycles. The van der Waals surface area contributed by atoms with Gasteiger partial charge in [0, 0.05) is 37.4 Å². The molecular weight excluding hydrogens is 477 g/mol. The standard InChI is InChI=1S/C28H30FN3O5/c1-16-12-20(29)13-21-24(16)30-22(31-26(21)35)14-28(2,3)15-23(33)32-10-8-18(9-11-32)25(34)17-4-6-19(7-5-17)27(36)37/h4-7,12-13,18H,8-11,14-15H2,1-3H3,(H,36,37)(H,30,31,35). The number of Topliss-reactive ketones (excluding diaryl/α,β-unsaturated/α-hetero) is 1. The Hall–Kier alpha value is -3.88. The van der Waals surface area contributed by atoms with Crippen LogP contribution in [0.4, 0.5) is 4.39 Å². The van der Waals surface area contributed by atoms with Gasteiger partial charge in [-0.15, -0.1) is 0 Å². The monoisotopic (exact) mass is 507 g/mol. The number of likely N-dealkylation sites (tertiary alicyclic amines) is 1. The Labute approximate surface area is 213 Å². The Kier molecular flexibility index (Phi) is 7.25. The molecule has 2 aromatic carbocycles. The number of H-pyrrole nitrogens is 1. The van der Waals surface area contributed by atoms with Crippen LogP contribution in [0.15, 0.2) is 41.2 Å². The lowest BCUT2D eigenvalue weighted by molar-refractivity contribution is -0.134. The summed E-state index contributed by atoms with van der Waals surface area (Å²) in [6.45, 7) is 6.51. The predicted molar refractivity (Wildman–Crippen MR) is 136 cm³/mol. The summed E-state index contributed by atoms with van der Waals surface area (Å²) in [6.07, 6.45) is 1.69. The van der Waals surface area contributed by atoms with E-state index in [1.54, 1.807) is 11.8 Å². The molecule has 0 unspecified atom stereocenters. The molecule has 0 aliphatic carbocycles. The molecule has 194 valence electrons. The third kappa shape index (κ3) is 5.93. The number of aryl methyl sites for hydroxylation is 1. The Morgan fingerprint density at radius 3 is 2.35 bits per heavy atom. The van der Waals surface area contributed by atoms with Crippen LogP contribution in [0, 0.1) is 24.1 Å². The Balaban J connectivity index is 1.36. The number of nitrogens with one attached hydrogen (secondary N) is 1. The average Bonchev–Trinajstić information content (AvgIpc) is 2.84. The van der Waals surface area contributed by atoms with Crippen LogP contribution >= 0.6 is 0 Å². The van der Waals surface area contributed by atoms with E-state index in [-0.39, 0.29) is 35.0 Å². The van der Waals surface area contributed by atoms with Crippen LogP contribution in [0.1, 0.15) is 65.2 Å². The number of carboxylic acids is 1. The first-order valence-corrected chi connectivity index (χ1v) is 12.3. The maximum atomic E-state index is 13.7. The van der Waals surface area contributed by atoms with E-state index in [0.717, 1.165) is 0 Å². The molecule has 4 rings (SSSR count). The van der Waals surface area contributed by atoms with Gasteiger partial charge < -0.3 is 15.0 Å². The van der Waals surface area contributed by atoms with Crippen molar-refractivity contribution < 1.29 is 23.9 Å². The quantitative estimate of drug-likeness (QED) is 0.464. The second-order valence-corrected chi connectivity index (χ2v) is 10.6. The first kappa shape index (κ1) is 26.2. The van der Waals surface area contributed by atoms with E-state index < -0.39 is 22.8 Å². The van der Waals surface area contributed by atoms with Crippen molar-refractivity contribution in [3.8, 4) is 0 Å². The lowest BCUT2D eigenvalue weighted by atomic mass is 9.83. The van der Waals surface area contributed by atoms with Crippen molar-refractivity contribution in [2.24, 2.45) is 11.3 Å². The molecular formula is C28H30FN3O5. The first-order chi connectivity index (χ1) is 17.4. The van der Waals surface area contributed by atoms with E-state index >= 15 is 0 Å². The van der Waals surface area contributed by atoms with E-state index in [1.807, 2.05) is 13.8 Å². The molecule has 9 heteroatoms. The van der Waals surface area contributed by atoms with Crippen LogP contribution in [-0.4, -0.2) is 50.7 Å². The summed E-state index contributed by atoms with van der Waals surface area (Å²) in [5, 5.41) is 9.23. The van der Waals surface area contributed by atoms with Crippen molar-refractivity contribution in [1.29, 1.82) is 0 Å². The summed E-state index contributed by atoms with van der Waals surface area (Å²) in [5.74, 6) is -1.36. The number of carbonyl (C=O) groups is 3. The predicted octanol–water partition coefficient (Wildman–Crippen LogP) is 4.15. The Morgan fingerprint density at radius 2 is 1.73 bits per heavy atom. The minimum Gasteiger partial charge on any atom is -0.478 e. The van der Waals surface area contributed by atoms with Crippen molar-refractivity contribution >= 4 is 28.6 Å². The molecule has 1 aromatic heterocycles. The summed E-state index contributed by atoms with van der Waals surface area (Å²) in [7, 11) is 0. The lowest BCUT2D eigenvalue weighted by Gasteiger charge is -2.34. The number of aromatic amines is 1. The van der Waals surface area contributed by atoms with E-state index in [2.05, 4.69) is 9.97 Å². The Bertz CT molecular complexity index is 1420. The number of benzene rings is 2. The van der Waals surface area contributed by atoms with E-state index in [0.29, 0.717) is 54.8 Å². The van der Waals surface area contributed by atoms with Crippen LogP contribution in [0.2, 0.25) is 0 Å². The number of aromatic nitrogens is 2. The number of piperidine rings is 1. The summed E-state index contributed by atoms with van der Waals surface area (Å²) in [5.41, 5.74) is 0.734. The van der Waals surface area contributed by atoms with Crippen molar-refractivity contribution in [1.82, 2.24) is 14.9 Å². The molecule has 1 aliphatic heterocycles. The van der Waals surface area contributed by atoms with Gasteiger partial charge in [0.15, 0.2) is 5.78 Å². The number of amides is 1. The summed E-state index contributed by atoms with van der Waals surface area (Å²) < 4.78 is 13.7. The molecule has 1 amide bonds. The van der Waals surface area contributed by atoms with E-state index in [1.165, 1.54) is 36.4 Å². The zero-order chi connectivity index (χ0) is 26.9. The molecule has 0 bridgehead atoms. The zero-order valence-corrected chi connectivity index (χ0v) is 21.1. The summed E-state index contributed by atoms with van der Waals surface area (Å²) >= 11 is 0. The van der Waals surface area contributed by atoms with E-state index in [4.69, 9.17) is 5.11 Å². The van der Waals surface area contributed by atoms with Gasteiger partial charge in [-0.2, -0.15) is 0 Å². The van der Waals surface area contributed by atoms with Crippen LogP contribution < -0.4 is 5.56 Å². The second kappa shape index (κ2) is 10.2.